The number of imidazole rings is 1. The molecule has 0 saturated heterocycles. The summed E-state index contributed by atoms with van der Waals surface area (Å²) < 4.78 is 2.60. The first-order chi connectivity index (χ1) is 8.58. The largest absolute Gasteiger partial charge is 0.375 e. The zero-order valence-corrected chi connectivity index (χ0v) is 11.2. The molecule has 2 aromatic heterocycles. The molecule has 0 fully saturated rings. The number of aryl methyl sites for hydroxylation is 1. The quantitative estimate of drug-likeness (QED) is 0.512. The number of hydrogen-bond donors (Lipinski definition) is 1. The van der Waals surface area contributed by atoms with E-state index in [0.717, 1.165) is 4.21 Å². The van der Waals surface area contributed by atoms with Crippen LogP contribution in [-0.2, 0) is 6.54 Å². The Labute approximate surface area is 111 Å². The van der Waals surface area contributed by atoms with E-state index < -0.39 is 4.92 Å². The molecule has 0 aromatic carbocycles. The van der Waals surface area contributed by atoms with Crippen molar-refractivity contribution in [2.24, 2.45) is 0 Å². The SMILES string of the molecule is Cc1ncc([N+](=O)[O-])n1CCSc1cnc(N)s1. The van der Waals surface area contributed by atoms with Gasteiger partial charge in [0.2, 0.25) is 0 Å². The van der Waals surface area contributed by atoms with Crippen molar-refractivity contribution in [3.63, 3.8) is 0 Å². The highest BCUT2D eigenvalue weighted by Crippen LogP contribution is 2.27. The van der Waals surface area contributed by atoms with Gasteiger partial charge in [0.15, 0.2) is 11.0 Å². The monoisotopic (exact) mass is 285 g/mol. The van der Waals surface area contributed by atoms with Crippen LogP contribution in [0.15, 0.2) is 16.6 Å². The molecule has 0 aliphatic carbocycles. The number of thiazole rings is 1. The maximum atomic E-state index is 10.8. The van der Waals surface area contributed by atoms with E-state index in [4.69, 9.17) is 5.73 Å². The third kappa shape index (κ3) is 2.79. The third-order valence-corrected chi connectivity index (χ3v) is 4.28. The van der Waals surface area contributed by atoms with Crippen LogP contribution in [0, 0.1) is 17.0 Å². The van der Waals surface area contributed by atoms with Crippen molar-refractivity contribution in [3.8, 4) is 0 Å². The molecule has 0 aliphatic rings. The van der Waals surface area contributed by atoms with Gasteiger partial charge in [-0.05, 0) is 4.92 Å². The lowest BCUT2D eigenvalue weighted by Crippen LogP contribution is -2.06. The standard InChI is InChI=1S/C9H11N5O2S2/c1-6-11-4-7(14(15)16)13(6)2-3-17-8-5-12-9(10)18-8/h4-5H,2-3H2,1H3,(H2,10,12). The normalized spacial score (nSPS) is 10.7. The van der Waals surface area contributed by atoms with Crippen molar-refractivity contribution < 1.29 is 4.92 Å². The van der Waals surface area contributed by atoms with E-state index in [0.29, 0.717) is 23.3 Å². The third-order valence-electron chi connectivity index (χ3n) is 2.28. The summed E-state index contributed by atoms with van der Waals surface area (Å²) in [5.74, 6) is 1.38. The fourth-order valence-electron chi connectivity index (χ4n) is 1.45. The van der Waals surface area contributed by atoms with E-state index >= 15 is 0 Å². The molecule has 96 valence electrons. The molecule has 2 N–H and O–H groups in total. The molecule has 2 heterocycles. The molecule has 0 aliphatic heterocycles. The molecule has 0 bridgehead atoms. The van der Waals surface area contributed by atoms with E-state index in [1.807, 2.05) is 0 Å². The second-order valence-corrected chi connectivity index (χ2v) is 5.90. The first-order valence-corrected chi connectivity index (χ1v) is 6.88. The van der Waals surface area contributed by atoms with Crippen LogP contribution >= 0.6 is 23.1 Å². The molecule has 0 atom stereocenters. The summed E-state index contributed by atoms with van der Waals surface area (Å²) in [6.45, 7) is 2.28. The zero-order chi connectivity index (χ0) is 13.1. The molecule has 2 aromatic rings. The minimum atomic E-state index is -0.421. The molecular weight excluding hydrogens is 274 g/mol. The van der Waals surface area contributed by atoms with Crippen molar-refractivity contribution in [1.82, 2.24) is 14.5 Å². The molecule has 7 nitrogen and oxygen atoms in total. The number of aromatic nitrogens is 3. The number of hydrogen-bond acceptors (Lipinski definition) is 7. The molecule has 0 radical (unpaired) electrons. The van der Waals surface area contributed by atoms with Gasteiger partial charge in [-0.25, -0.2) is 14.5 Å². The van der Waals surface area contributed by atoms with E-state index in [-0.39, 0.29) is 5.82 Å². The topological polar surface area (TPSA) is 99.9 Å². The van der Waals surface area contributed by atoms with Crippen molar-refractivity contribution >= 4 is 34.0 Å². The summed E-state index contributed by atoms with van der Waals surface area (Å²) in [5.41, 5.74) is 5.52. The van der Waals surface area contributed by atoms with Gasteiger partial charge in [-0.2, -0.15) is 0 Å². The summed E-state index contributed by atoms with van der Waals surface area (Å²) in [4.78, 5) is 18.3. The Hall–Kier alpha value is -1.61. The van der Waals surface area contributed by atoms with Gasteiger partial charge in [0.05, 0.1) is 10.4 Å². The number of thioether (sulfide) groups is 1. The highest BCUT2D eigenvalue weighted by atomic mass is 32.2. The molecule has 2 rings (SSSR count). The summed E-state index contributed by atoms with van der Waals surface area (Å²) in [5, 5.41) is 11.3. The lowest BCUT2D eigenvalue weighted by molar-refractivity contribution is -0.392. The molecule has 18 heavy (non-hydrogen) atoms. The first kappa shape index (κ1) is 12.8. The fraction of sp³-hybridized carbons (Fsp3) is 0.333. The minimum Gasteiger partial charge on any atom is -0.375 e. The maximum absolute atomic E-state index is 10.8. The average molecular weight is 285 g/mol. The van der Waals surface area contributed by atoms with E-state index in [1.165, 1.54) is 17.5 Å². The van der Waals surface area contributed by atoms with Gasteiger partial charge in [-0.3, -0.25) is 0 Å². The Morgan fingerprint density at radius 2 is 2.33 bits per heavy atom. The van der Waals surface area contributed by atoms with Crippen LogP contribution < -0.4 is 5.73 Å². The van der Waals surface area contributed by atoms with Gasteiger partial charge in [-0.15, -0.1) is 11.8 Å². The van der Waals surface area contributed by atoms with Gasteiger partial charge < -0.3 is 15.8 Å². The smallest absolute Gasteiger partial charge is 0.342 e. The molecule has 0 spiro atoms. The Morgan fingerprint density at radius 3 is 2.94 bits per heavy atom. The van der Waals surface area contributed by atoms with Crippen LogP contribution in [0.5, 0.6) is 0 Å². The second-order valence-electron chi connectivity index (χ2n) is 3.44. The summed E-state index contributed by atoms with van der Waals surface area (Å²) in [6.07, 6.45) is 2.99. The minimum absolute atomic E-state index is 0.0249. The Bertz CT molecular complexity index is 565. The first-order valence-electron chi connectivity index (χ1n) is 5.08. The lowest BCUT2D eigenvalue weighted by Gasteiger charge is -2.01. The number of nitrogens with two attached hydrogens (primary N) is 1. The molecule has 0 amide bonds. The Kier molecular flexibility index (Phi) is 3.82. The van der Waals surface area contributed by atoms with Gasteiger partial charge in [0.25, 0.3) is 0 Å². The van der Waals surface area contributed by atoms with Crippen molar-refractivity contribution in [3.05, 3.63) is 28.3 Å². The predicted molar refractivity (Wildman–Crippen MR) is 70.9 cm³/mol. The second kappa shape index (κ2) is 5.36. The van der Waals surface area contributed by atoms with Crippen LogP contribution in [0.25, 0.3) is 0 Å². The van der Waals surface area contributed by atoms with E-state index in [2.05, 4.69) is 9.97 Å². The Morgan fingerprint density at radius 1 is 1.56 bits per heavy atom. The zero-order valence-electron chi connectivity index (χ0n) is 9.57. The van der Waals surface area contributed by atoms with Gasteiger partial charge in [0, 0.05) is 12.7 Å². The predicted octanol–water partition coefficient (Wildman–Crippen LogP) is 1.93. The van der Waals surface area contributed by atoms with Gasteiger partial charge >= 0.3 is 5.82 Å². The number of nitro groups is 1. The van der Waals surface area contributed by atoms with Crippen molar-refractivity contribution in [1.29, 1.82) is 0 Å². The number of nitrogens with zero attached hydrogens (tertiary/aromatic N) is 4. The van der Waals surface area contributed by atoms with Crippen LogP contribution in [0.1, 0.15) is 5.82 Å². The van der Waals surface area contributed by atoms with Crippen LogP contribution in [0.4, 0.5) is 10.9 Å². The average Bonchev–Trinajstić information content (AvgIpc) is 2.87. The fourth-order valence-corrected chi connectivity index (χ4v) is 3.22. The number of rotatable bonds is 5. The summed E-state index contributed by atoms with van der Waals surface area (Å²) in [7, 11) is 0. The number of nitrogen functional groups attached to an aromatic ring is 1. The lowest BCUT2D eigenvalue weighted by atomic mass is 10.6. The van der Waals surface area contributed by atoms with Crippen LogP contribution in [0.2, 0.25) is 0 Å². The van der Waals surface area contributed by atoms with E-state index in [1.54, 1.807) is 29.4 Å². The Balaban J connectivity index is 1.98. The highest BCUT2D eigenvalue weighted by Gasteiger charge is 2.16. The summed E-state index contributed by atoms with van der Waals surface area (Å²) in [6, 6.07) is 0. The molecule has 0 saturated carbocycles. The molecule has 0 unspecified atom stereocenters. The molecule has 9 heteroatoms. The van der Waals surface area contributed by atoms with E-state index in [9.17, 15) is 10.1 Å². The van der Waals surface area contributed by atoms with Gasteiger partial charge in [-0.1, -0.05) is 11.3 Å². The van der Waals surface area contributed by atoms with Crippen LogP contribution in [-0.4, -0.2) is 25.2 Å². The maximum Gasteiger partial charge on any atom is 0.342 e. The summed E-state index contributed by atoms with van der Waals surface area (Å²) >= 11 is 2.98. The van der Waals surface area contributed by atoms with Crippen LogP contribution in [0.3, 0.4) is 0 Å². The highest BCUT2D eigenvalue weighted by molar-refractivity contribution is 8.01. The van der Waals surface area contributed by atoms with Crippen molar-refractivity contribution in [2.45, 2.75) is 17.7 Å². The van der Waals surface area contributed by atoms with Crippen molar-refractivity contribution in [2.75, 3.05) is 11.5 Å². The van der Waals surface area contributed by atoms with Gasteiger partial charge in [0.1, 0.15) is 12.7 Å². The number of anilines is 1. The molecular formula is C9H11N5O2S2.